The molecule has 2 N–H and O–H groups in total. The molecule has 4 nitrogen and oxygen atoms in total. The quantitative estimate of drug-likeness (QED) is 0.813. The number of amides is 1. The molecule has 0 aliphatic rings. The number of H-pyrrole nitrogens is 1. The molecule has 2 aromatic rings. The summed E-state index contributed by atoms with van der Waals surface area (Å²) in [4.78, 5) is 19.1. The fourth-order valence-electron chi connectivity index (χ4n) is 2.03. The first kappa shape index (κ1) is 14.3. The average Bonchev–Trinajstić information content (AvgIpc) is 2.99. The Bertz CT molecular complexity index is 517. The van der Waals surface area contributed by atoms with E-state index in [9.17, 15) is 4.79 Å². The Balaban J connectivity index is 1.79. The minimum atomic E-state index is -0.0291. The first-order valence-corrected chi connectivity index (χ1v) is 7.15. The molecule has 0 saturated carbocycles. The lowest BCUT2D eigenvalue weighted by molar-refractivity contribution is 0.0954. The van der Waals surface area contributed by atoms with Crippen LogP contribution in [0, 0.1) is 0 Å². The molecule has 0 unspecified atom stereocenters. The topological polar surface area (TPSA) is 57.8 Å². The SMILES string of the molecule is CCCCc1ccc(C(=O)NCCc2ncc[nH]2)cc1. The van der Waals surface area contributed by atoms with Crippen molar-refractivity contribution in [3.05, 3.63) is 53.6 Å². The minimum absolute atomic E-state index is 0.0291. The third kappa shape index (κ3) is 4.23. The fourth-order valence-corrected chi connectivity index (χ4v) is 2.03. The number of nitrogens with one attached hydrogen (secondary N) is 2. The van der Waals surface area contributed by atoms with Crippen molar-refractivity contribution in [1.82, 2.24) is 15.3 Å². The Morgan fingerprint density at radius 1 is 1.25 bits per heavy atom. The number of hydrogen-bond acceptors (Lipinski definition) is 2. The van der Waals surface area contributed by atoms with Crippen molar-refractivity contribution in [2.24, 2.45) is 0 Å². The Hall–Kier alpha value is -2.10. The molecular weight excluding hydrogens is 250 g/mol. The molecule has 0 bridgehead atoms. The highest BCUT2D eigenvalue weighted by Crippen LogP contribution is 2.08. The first-order valence-electron chi connectivity index (χ1n) is 7.15. The number of nitrogens with zero attached hydrogens (tertiary/aromatic N) is 1. The van der Waals surface area contributed by atoms with Crippen LogP contribution in [0.2, 0.25) is 0 Å². The molecule has 1 amide bonds. The van der Waals surface area contributed by atoms with Crippen LogP contribution in [-0.2, 0) is 12.8 Å². The Morgan fingerprint density at radius 3 is 2.70 bits per heavy atom. The molecule has 1 aromatic heterocycles. The number of hydrogen-bond donors (Lipinski definition) is 2. The fraction of sp³-hybridized carbons (Fsp3) is 0.375. The van der Waals surface area contributed by atoms with Gasteiger partial charge < -0.3 is 10.3 Å². The molecule has 1 aromatic carbocycles. The smallest absolute Gasteiger partial charge is 0.251 e. The number of carbonyl (C=O) groups is 1. The van der Waals surface area contributed by atoms with E-state index in [1.165, 1.54) is 18.4 Å². The van der Waals surface area contributed by atoms with Gasteiger partial charge in [0, 0.05) is 30.9 Å². The highest BCUT2D eigenvalue weighted by Gasteiger charge is 2.05. The van der Waals surface area contributed by atoms with Crippen molar-refractivity contribution >= 4 is 5.91 Å². The zero-order chi connectivity index (χ0) is 14.2. The van der Waals surface area contributed by atoms with Crippen LogP contribution >= 0.6 is 0 Å². The maximum atomic E-state index is 12.0. The number of unbranched alkanes of at least 4 members (excludes halogenated alkanes) is 1. The molecule has 0 aliphatic heterocycles. The van der Waals surface area contributed by atoms with Crippen molar-refractivity contribution in [2.45, 2.75) is 32.6 Å². The summed E-state index contributed by atoms with van der Waals surface area (Å²) in [6.45, 7) is 2.77. The molecule has 0 aliphatic carbocycles. The maximum Gasteiger partial charge on any atom is 0.251 e. The second kappa shape index (κ2) is 7.48. The van der Waals surface area contributed by atoms with Gasteiger partial charge in [0.2, 0.25) is 0 Å². The van der Waals surface area contributed by atoms with Crippen molar-refractivity contribution < 1.29 is 4.79 Å². The van der Waals surface area contributed by atoms with Crippen molar-refractivity contribution in [3.8, 4) is 0 Å². The van der Waals surface area contributed by atoms with Gasteiger partial charge in [-0.25, -0.2) is 4.98 Å². The Kier molecular flexibility index (Phi) is 5.35. The molecule has 2 rings (SSSR count). The zero-order valence-corrected chi connectivity index (χ0v) is 11.9. The number of aryl methyl sites for hydroxylation is 1. The molecule has 0 spiro atoms. The number of imidazole rings is 1. The lowest BCUT2D eigenvalue weighted by Gasteiger charge is -2.05. The largest absolute Gasteiger partial charge is 0.352 e. The predicted molar refractivity (Wildman–Crippen MR) is 79.7 cm³/mol. The van der Waals surface area contributed by atoms with Crippen LogP contribution < -0.4 is 5.32 Å². The molecule has 0 atom stereocenters. The molecule has 20 heavy (non-hydrogen) atoms. The van der Waals surface area contributed by atoms with Crippen molar-refractivity contribution in [1.29, 1.82) is 0 Å². The third-order valence-electron chi connectivity index (χ3n) is 3.24. The van der Waals surface area contributed by atoms with E-state index in [1.807, 2.05) is 24.3 Å². The summed E-state index contributed by atoms with van der Waals surface area (Å²) in [7, 11) is 0. The summed E-state index contributed by atoms with van der Waals surface area (Å²) < 4.78 is 0. The lowest BCUT2D eigenvalue weighted by atomic mass is 10.1. The monoisotopic (exact) mass is 271 g/mol. The second-order valence-corrected chi connectivity index (χ2v) is 4.84. The van der Waals surface area contributed by atoms with Crippen LogP contribution in [0.1, 0.15) is 41.5 Å². The van der Waals surface area contributed by atoms with Crippen molar-refractivity contribution in [3.63, 3.8) is 0 Å². The molecule has 0 fully saturated rings. The third-order valence-corrected chi connectivity index (χ3v) is 3.24. The Morgan fingerprint density at radius 2 is 2.05 bits per heavy atom. The van der Waals surface area contributed by atoms with Crippen LogP contribution in [0.15, 0.2) is 36.7 Å². The number of aromatic amines is 1. The van der Waals surface area contributed by atoms with Crippen LogP contribution in [-0.4, -0.2) is 22.4 Å². The van der Waals surface area contributed by atoms with Gasteiger partial charge in [-0.15, -0.1) is 0 Å². The van der Waals surface area contributed by atoms with E-state index in [0.717, 1.165) is 12.2 Å². The molecule has 0 saturated heterocycles. The van der Waals surface area contributed by atoms with E-state index in [0.29, 0.717) is 18.5 Å². The van der Waals surface area contributed by atoms with E-state index >= 15 is 0 Å². The van der Waals surface area contributed by atoms with E-state index < -0.39 is 0 Å². The van der Waals surface area contributed by atoms with Gasteiger partial charge in [-0.3, -0.25) is 4.79 Å². The summed E-state index contributed by atoms with van der Waals surface area (Å²) in [5.41, 5.74) is 2.00. The maximum absolute atomic E-state index is 12.0. The van der Waals surface area contributed by atoms with Gasteiger partial charge in [-0.05, 0) is 30.5 Å². The second-order valence-electron chi connectivity index (χ2n) is 4.84. The van der Waals surface area contributed by atoms with Crippen LogP contribution in [0.5, 0.6) is 0 Å². The lowest BCUT2D eigenvalue weighted by Crippen LogP contribution is -2.25. The van der Waals surface area contributed by atoms with E-state index in [1.54, 1.807) is 12.4 Å². The molecule has 4 heteroatoms. The number of benzene rings is 1. The van der Waals surface area contributed by atoms with Gasteiger partial charge in [0.1, 0.15) is 5.82 Å². The van der Waals surface area contributed by atoms with Gasteiger partial charge in [0.15, 0.2) is 0 Å². The van der Waals surface area contributed by atoms with Gasteiger partial charge in [-0.1, -0.05) is 25.5 Å². The average molecular weight is 271 g/mol. The predicted octanol–water partition coefficient (Wildman–Crippen LogP) is 2.72. The number of carbonyl (C=O) groups excluding carboxylic acids is 1. The van der Waals surface area contributed by atoms with Crippen LogP contribution in [0.4, 0.5) is 0 Å². The van der Waals surface area contributed by atoms with E-state index in [-0.39, 0.29) is 5.91 Å². The van der Waals surface area contributed by atoms with Crippen LogP contribution in [0.25, 0.3) is 0 Å². The summed E-state index contributed by atoms with van der Waals surface area (Å²) in [5, 5.41) is 2.90. The van der Waals surface area contributed by atoms with Gasteiger partial charge >= 0.3 is 0 Å². The highest BCUT2D eigenvalue weighted by atomic mass is 16.1. The minimum Gasteiger partial charge on any atom is -0.352 e. The standard InChI is InChI=1S/C16H21N3O/c1-2-3-4-13-5-7-14(8-6-13)16(20)19-10-9-15-17-11-12-18-15/h5-8,11-12H,2-4,9-10H2,1H3,(H,17,18)(H,19,20). The van der Waals surface area contributed by atoms with Crippen molar-refractivity contribution in [2.75, 3.05) is 6.54 Å². The van der Waals surface area contributed by atoms with Gasteiger partial charge in [0.05, 0.1) is 0 Å². The summed E-state index contributed by atoms with van der Waals surface area (Å²) >= 11 is 0. The first-order chi connectivity index (χ1) is 9.79. The number of rotatable bonds is 7. The van der Waals surface area contributed by atoms with E-state index in [2.05, 4.69) is 22.2 Å². The summed E-state index contributed by atoms with van der Waals surface area (Å²) in [6.07, 6.45) is 7.67. The molecule has 0 radical (unpaired) electrons. The van der Waals surface area contributed by atoms with Gasteiger partial charge in [0.25, 0.3) is 5.91 Å². The summed E-state index contributed by atoms with van der Waals surface area (Å²) in [5.74, 6) is 0.860. The van der Waals surface area contributed by atoms with Gasteiger partial charge in [-0.2, -0.15) is 0 Å². The summed E-state index contributed by atoms with van der Waals surface area (Å²) in [6, 6.07) is 7.87. The molecule has 1 heterocycles. The molecular formula is C16H21N3O. The number of aromatic nitrogens is 2. The van der Waals surface area contributed by atoms with E-state index in [4.69, 9.17) is 0 Å². The zero-order valence-electron chi connectivity index (χ0n) is 11.9. The Labute approximate surface area is 119 Å². The normalized spacial score (nSPS) is 10.4. The highest BCUT2D eigenvalue weighted by molar-refractivity contribution is 5.94. The molecule has 106 valence electrons. The van der Waals surface area contributed by atoms with Crippen LogP contribution in [0.3, 0.4) is 0 Å².